The van der Waals surface area contributed by atoms with E-state index in [-0.39, 0.29) is 5.91 Å². The fourth-order valence-corrected chi connectivity index (χ4v) is 3.18. The Morgan fingerprint density at radius 1 is 1.21 bits per heavy atom. The van der Waals surface area contributed by atoms with Crippen LogP contribution in [0.1, 0.15) is 49.2 Å². The largest absolute Gasteiger partial charge is 0.461 e. The van der Waals surface area contributed by atoms with E-state index in [1.165, 1.54) is 12.0 Å². The molecule has 2 atom stereocenters. The molecule has 1 aromatic carbocycles. The highest BCUT2D eigenvalue weighted by Crippen LogP contribution is 2.47. The molecule has 1 heterocycles. The van der Waals surface area contributed by atoms with Gasteiger partial charge in [0.25, 0.3) is 0 Å². The van der Waals surface area contributed by atoms with Gasteiger partial charge in [-0.2, -0.15) is 0 Å². The highest BCUT2D eigenvalue weighted by molar-refractivity contribution is 5.91. The first-order valence-corrected chi connectivity index (χ1v) is 8.83. The van der Waals surface area contributed by atoms with E-state index in [1.807, 2.05) is 35.2 Å². The Kier molecular flexibility index (Phi) is 4.01. The molecular weight excluding hydrogens is 298 g/mol. The van der Waals surface area contributed by atoms with Crippen LogP contribution in [0, 0.1) is 5.92 Å². The third kappa shape index (κ3) is 3.45. The van der Waals surface area contributed by atoms with Gasteiger partial charge in [-0.3, -0.25) is 4.79 Å². The summed E-state index contributed by atoms with van der Waals surface area (Å²) in [6, 6.07) is 14.6. The van der Waals surface area contributed by atoms with Gasteiger partial charge in [-0.25, -0.2) is 0 Å². The van der Waals surface area contributed by atoms with Gasteiger partial charge in [0, 0.05) is 24.6 Å². The maximum Gasteiger partial charge on any atom is 0.247 e. The molecule has 2 aromatic rings. The number of hydrogen-bond donors (Lipinski definition) is 0. The molecule has 0 radical (unpaired) electrons. The van der Waals surface area contributed by atoms with Crippen LogP contribution in [0.4, 0.5) is 0 Å². The van der Waals surface area contributed by atoms with E-state index in [2.05, 4.69) is 19.1 Å². The average Bonchev–Trinajstić information content (AvgIpc) is 3.51. The molecule has 4 rings (SSSR count). The number of amides is 1. The Morgan fingerprint density at radius 3 is 2.62 bits per heavy atom. The quantitative estimate of drug-likeness (QED) is 0.728. The summed E-state index contributed by atoms with van der Waals surface area (Å²) in [5.41, 5.74) is 1.18. The Labute approximate surface area is 143 Å². The van der Waals surface area contributed by atoms with Crippen LogP contribution in [0.15, 0.2) is 53.0 Å². The van der Waals surface area contributed by atoms with Crippen LogP contribution in [0.2, 0.25) is 0 Å². The number of carbonyl (C=O) groups is 1. The monoisotopic (exact) mass is 321 g/mol. The van der Waals surface area contributed by atoms with Gasteiger partial charge in [0.15, 0.2) is 0 Å². The number of furan rings is 1. The van der Waals surface area contributed by atoms with Crippen molar-refractivity contribution < 1.29 is 9.21 Å². The standard InChI is InChI=1S/C21H23NO2/c1-15-13-19(15)20-11-9-18(24-20)10-12-21(23)22(17-7-8-17)14-16-5-3-2-4-6-16/h2-6,9-12,15,17,19H,7-8,13-14H2,1H3. The van der Waals surface area contributed by atoms with Crippen LogP contribution in [0.25, 0.3) is 6.08 Å². The van der Waals surface area contributed by atoms with Crippen molar-refractivity contribution in [3.63, 3.8) is 0 Å². The first-order chi connectivity index (χ1) is 11.7. The Hall–Kier alpha value is -2.29. The molecule has 0 bridgehead atoms. The fourth-order valence-electron chi connectivity index (χ4n) is 3.18. The molecule has 0 aliphatic heterocycles. The van der Waals surface area contributed by atoms with Gasteiger partial charge in [-0.15, -0.1) is 0 Å². The fraction of sp³-hybridized carbons (Fsp3) is 0.381. The minimum absolute atomic E-state index is 0.0686. The molecule has 2 aliphatic rings. The third-order valence-electron chi connectivity index (χ3n) is 4.98. The van der Waals surface area contributed by atoms with E-state index < -0.39 is 0 Å². The summed E-state index contributed by atoms with van der Waals surface area (Å²) in [7, 11) is 0. The Morgan fingerprint density at radius 2 is 1.96 bits per heavy atom. The van der Waals surface area contributed by atoms with Crippen molar-refractivity contribution in [3.05, 3.63) is 65.6 Å². The van der Waals surface area contributed by atoms with Crippen molar-refractivity contribution in [2.75, 3.05) is 0 Å². The van der Waals surface area contributed by atoms with Crippen LogP contribution in [0.3, 0.4) is 0 Å². The van der Waals surface area contributed by atoms with E-state index in [0.717, 1.165) is 30.3 Å². The Bertz CT molecular complexity index is 742. The maximum atomic E-state index is 12.6. The molecular formula is C21H23NO2. The van der Waals surface area contributed by atoms with Gasteiger partial charge < -0.3 is 9.32 Å². The molecule has 124 valence electrons. The SMILES string of the molecule is CC1CC1c1ccc(C=CC(=O)N(Cc2ccccc2)C2CC2)o1. The molecule has 2 unspecified atom stereocenters. The minimum atomic E-state index is 0.0686. The zero-order valence-corrected chi connectivity index (χ0v) is 14.0. The molecule has 24 heavy (non-hydrogen) atoms. The zero-order valence-electron chi connectivity index (χ0n) is 14.0. The molecule has 0 saturated heterocycles. The molecule has 0 spiro atoms. The predicted octanol–water partition coefficient (Wildman–Crippen LogP) is 4.61. The first kappa shape index (κ1) is 15.3. The van der Waals surface area contributed by atoms with E-state index in [4.69, 9.17) is 4.42 Å². The van der Waals surface area contributed by atoms with E-state index in [0.29, 0.717) is 18.5 Å². The highest BCUT2D eigenvalue weighted by atomic mass is 16.3. The number of hydrogen-bond acceptors (Lipinski definition) is 2. The molecule has 1 aromatic heterocycles. The van der Waals surface area contributed by atoms with E-state index >= 15 is 0 Å². The lowest BCUT2D eigenvalue weighted by atomic mass is 10.2. The van der Waals surface area contributed by atoms with E-state index in [1.54, 1.807) is 12.2 Å². The van der Waals surface area contributed by atoms with Gasteiger partial charge >= 0.3 is 0 Å². The Balaban J connectivity index is 1.42. The zero-order chi connectivity index (χ0) is 16.5. The molecule has 3 heteroatoms. The van der Waals surface area contributed by atoms with Gasteiger partial charge in [0.2, 0.25) is 5.91 Å². The average molecular weight is 321 g/mol. The van der Waals surface area contributed by atoms with Crippen molar-refractivity contribution in [3.8, 4) is 0 Å². The molecule has 0 N–H and O–H groups in total. The van der Waals surface area contributed by atoms with Gasteiger partial charge in [0.1, 0.15) is 11.5 Å². The molecule has 2 fully saturated rings. The van der Waals surface area contributed by atoms with Crippen molar-refractivity contribution in [2.45, 2.75) is 44.7 Å². The van der Waals surface area contributed by atoms with Crippen molar-refractivity contribution >= 4 is 12.0 Å². The van der Waals surface area contributed by atoms with E-state index in [9.17, 15) is 4.79 Å². The second-order valence-corrected chi connectivity index (χ2v) is 7.08. The summed E-state index contributed by atoms with van der Waals surface area (Å²) in [4.78, 5) is 14.6. The lowest BCUT2D eigenvalue weighted by Gasteiger charge is -2.20. The number of rotatable bonds is 6. The van der Waals surface area contributed by atoms with Gasteiger partial charge in [-0.05, 0) is 49.0 Å². The molecule has 3 nitrogen and oxygen atoms in total. The smallest absolute Gasteiger partial charge is 0.247 e. The lowest BCUT2D eigenvalue weighted by molar-refractivity contribution is -0.127. The molecule has 2 saturated carbocycles. The highest BCUT2D eigenvalue weighted by Gasteiger charge is 2.36. The maximum absolute atomic E-state index is 12.6. The second-order valence-electron chi connectivity index (χ2n) is 7.08. The molecule has 1 amide bonds. The summed E-state index contributed by atoms with van der Waals surface area (Å²) in [5, 5.41) is 0. The second kappa shape index (κ2) is 6.31. The van der Waals surface area contributed by atoms with Crippen molar-refractivity contribution in [1.82, 2.24) is 4.90 Å². The van der Waals surface area contributed by atoms with Gasteiger partial charge in [0.05, 0.1) is 0 Å². The number of benzene rings is 1. The topological polar surface area (TPSA) is 33.5 Å². The summed E-state index contributed by atoms with van der Waals surface area (Å²) in [5.74, 6) is 3.19. The van der Waals surface area contributed by atoms with Crippen molar-refractivity contribution in [1.29, 1.82) is 0 Å². The minimum Gasteiger partial charge on any atom is -0.461 e. The van der Waals surface area contributed by atoms with Crippen LogP contribution < -0.4 is 0 Å². The molecule has 2 aliphatic carbocycles. The van der Waals surface area contributed by atoms with Crippen LogP contribution in [-0.4, -0.2) is 16.8 Å². The summed E-state index contributed by atoms with van der Waals surface area (Å²) < 4.78 is 5.84. The van der Waals surface area contributed by atoms with Gasteiger partial charge in [-0.1, -0.05) is 37.3 Å². The van der Waals surface area contributed by atoms with Crippen LogP contribution >= 0.6 is 0 Å². The van der Waals surface area contributed by atoms with Crippen LogP contribution in [0.5, 0.6) is 0 Å². The lowest BCUT2D eigenvalue weighted by Crippen LogP contribution is -2.31. The first-order valence-electron chi connectivity index (χ1n) is 8.83. The number of carbonyl (C=O) groups excluding carboxylic acids is 1. The summed E-state index contributed by atoms with van der Waals surface area (Å²) >= 11 is 0. The predicted molar refractivity (Wildman–Crippen MR) is 94.3 cm³/mol. The van der Waals surface area contributed by atoms with Crippen molar-refractivity contribution in [2.24, 2.45) is 5.92 Å². The third-order valence-corrected chi connectivity index (χ3v) is 4.98. The summed E-state index contributed by atoms with van der Waals surface area (Å²) in [6.07, 6.45) is 6.88. The normalized spacial score (nSPS) is 22.7. The number of nitrogens with zero attached hydrogens (tertiary/aromatic N) is 1. The summed E-state index contributed by atoms with van der Waals surface area (Å²) in [6.45, 7) is 2.92. The van der Waals surface area contributed by atoms with Crippen LogP contribution in [-0.2, 0) is 11.3 Å².